The number of benzene rings is 1. The summed E-state index contributed by atoms with van der Waals surface area (Å²) in [5.41, 5.74) is -5.28. The summed E-state index contributed by atoms with van der Waals surface area (Å²) < 4.78 is 77.6. The van der Waals surface area contributed by atoms with E-state index in [-0.39, 0.29) is 4.68 Å². The highest BCUT2D eigenvalue weighted by atomic mass is 19.4. The van der Waals surface area contributed by atoms with Crippen molar-refractivity contribution in [2.75, 3.05) is 0 Å². The van der Waals surface area contributed by atoms with E-state index in [9.17, 15) is 31.1 Å². The normalized spacial score (nSPS) is 12.5. The molecule has 1 heterocycles. The summed E-state index contributed by atoms with van der Waals surface area (Å²) in [5.74, 6) is -1.94. The number of carboxylic acids is 1. The number of para-hydroxylation sites is 1. The molecule has 10 heteroatoms. The molecule has 0 spiro atoms. The lowest BCUT2D eigenvalue weighted by Gasteiger charge is -2.16. The van der Waals surface area contributed by atoms with Gasteiger partial charge in [0.15, 0.2) is 5.69 Å². The fourth-order valence-corrected chi connectivity index (χ4v) is 1.86. The molecule has 0 bridgehead atoms. The molecule has 0 fully saturated rings. The van der Waals surface area contributed by atoms with Crippen molar-refractivity contribution in [3.8, 4) is 5.69 Å². The number of halogens is 6. The van der Waals surface area contributed by atoms with Crippen molar-refractivity contribution in [3.63, 3.8) is 0 Å². The summed E-state index contributed by atoms with van der Waals surface area (Å²) in [5, 5.41) is 11.9. The summed E-state index contributed by atoms with van der Waals surface area (Å²) >= 11 is 0. The predicted molar refractivity (Wildman–Crippen MR) is 60.5 cm³/mol. The van der Waals surface area contributed by atoms with Crippen LogP contribution in [-0.4, -0.2) is 20.9 Å². The number of carboxylic acid groups (broad SMARTS) is 1. The van der Waals surface area contributed by atoms with Gasteiger partial charge in [-0.2, -0.15) is 31.4 Å². The van der Waals surface area contributed by atoms with Gasteiger partial charge in [0.1, 0.15) is 5.56 Å². The highest BCUT2D eigenvalue weighted by Crippen LogP contribution is 2.38. The summed E-state index contributed by atoms with van der Waals surface area (Å²) in [6.07, 6.45) is -9.75. The highest BCUT2D eigenvalue weighted by Gasteiger charge is 2.42. The Balaban J connectivity index is 2.78. The second-order valence-electron chi connectivity index (χ2n) is 4.14. The Morgan fingerprint density at radius 1 is 1.05 bits per heavy atom. The largest absolute Gasteiger partial charge is 0.478 e. The van der Waals surface area contributed by atoms with Crippen LogP contribution in [0.3, 0.4) is 0 Å². The second kappa shape index (κ2) is 5.04. The molecule has 0 aliphatic heterocycles. The molecule has 0 amide bonds. The Bertz CT molecular complexity index is 717. The van der Waals surface area contributed by atoms with Gasteiger partial charge >= 0.3 is 18.3 Å². The minimum absolute atomic E-state index is 0.0632. The Labute approximate surface area is 118 Å². The number of alkyl halides is 6. The number of hydrogen-bond acceptors (Lipinski definition) is 2. The molecule has 0 unspecified atom stereocenters. The molecular formula is C12H6F6N2O2. The molecule has 0 aliphatic rings. The third-order valence-corrected chi connectivity index (χ3v) is 2.71. The van der Waals surface area contributed by atoms with Crippen molar-refractivity contribution < 1.29 is 36.2 Å². The Hall–Kier alpha value is -2.52. The number of carbonyl (C=O) groups is 1. The van der Waals surface area contributed by atoms with E-state index >= 15 is 0 Å². The molecule has 22 heavy (non-hydrogen) atoms. The van der Waals surface area contributed by atoms with Crippen LogP contribution in [0.1, 0.15) is 21.6 Å². The first kappa shape index (κ1) is 15.9. The van der Waals surface area contributed by atoms with E-state index in [4.69, 9.17) is 5.11 Å². The molecule has 1 aromatic heterocycles. The quantitative estimate of drug-likeness (QED) is 0.859. The van der Waals surface area contributed by atoms with Gasteiger partial charge in [-0.1, -0.05) is 12.1 Å². The first-order valence-electron chi connectivity index (χ1n) is 5.58. The maximum atomic E-state index is 13.0. The zero-order chi connectivity index (χ0) is 16.7. The van der Waals surface area contributed by atoms with E-state index in [1.807, 2.05) is 0 Å². The number of rotatable bonds is 2. The average molecular weight is 324 g/mol. The lowest BCUT2D eigenvalue weighted by Crippen LogP contribution is -2.19. The van der Waals surface area contributed by atoms with Crippen LogP contribution in [0, 0.1) is 0 Å². The molecule has 2 rings (SSSR count). The van der Waals surface area contributed by atoms with Crippen molar-refractivity contribution in [3.05, 3.63) is 47.3 Å². The van der Waals surface area contributed by atoms with Crippen molar-refractivity contribution >= 4 is 5.97 Å². The number of nitrogens with zero attached hydrogens (tertiary/aromatic N) is 2. The maximum Gasteiger partial charge on any atom is 0.434 e. The van der Waals surface area contributed by atoms with Crippen LogP contribution < -0.4 is 0 Å². The predicted octanol–water partition coefficient (Wildman–Crippen LogP) is 3.61. The van der Waals surface area contributed by atoms with E-state index < -0.39 is 40.8 Å². The van der Waals surface area contributed by atoms with Gasteiger partial charge in [0.25, 0.3) is 0 Å². The van der Waals surface area contributed by atoms with Gasteiger partial charge in [0.2, 0.25) is 0 Å². The van der Waals surface area contributed by atoms with Crippen LogP contribution in [0.25, 0.3) is 5.69 Å². The topological polar surface area (TPSA) is 55.1 Å². The number of aromatic carboxylic acids is 1. The molecule has 1 N–H and O–H groups in total. The van der Waals surface area contributed by atoms with Crippen LogP contribution >= 0.6 is 0 Å². The van der Waals surface area contributed by atoms with Crippen molar-refractivity contribution in [1.29, 1.82) is 0 Å². The van der Waals surface area contributed by atoms with Crippen LogP contribution in [0.15, 0.2) is 30.5 Å². The fraction of sp³-hybridized carbons (Fsp3) is 0.167. The maximum absolute atomic E-state index is 13.0. The number of hydrogen-bond donors (Lipinski definition) is 1. The van der Waals surface area contributed by atoms with Gasteiger partial charge in [-0.15, -0.1) is 0 Å². The van der Waals surface area contributed by atoms with Gasteiger partial charge in [-0.3, -0.25) is 0 Å². The summed E-state index contributed by atoms with van der Waals surface area (Å²) in [7, 11) is 0. The zero-order valence-electron chi connectivity index (χ0n) is 10.4. The van der Waals surface area contributed by atoms with E-state index in [0.717, 1.165) is 18.2 Å². The van der Waals surface area contributed by atoms with Gasteiger partial charge in [0, 0.05) is 0 Å². The molecule has 118 valence electrons. The zero-order valence-corrected chi connectivity index (χ0v) is 10.4. The van der Waals surface area contributed by atoms with Gasteiger partial charge < -0.3 is 5.11 Å². The lowest BCUT2D eigenvalue weighted by atomic mass is 10.1. The molecule has 0 saturated carbocycles. The molecule has 0 radical (unpaired) electrons. The van der Waals surface area contributed by atoms with Crippen LogP contribution in [-0.2, 0) is 12.4 Å². The summed E-state index contributed by atoms with van der Waals surface area (Å²) in [4.78, 5) is 10.8. The van der Waals surface area contributed by atoms with Gasteiger partial charge in [-0.05, 0) is 12.1 Å². The third-order valence-electron chi connectivity index (χ3n) is 2.71. The first-order chi connectivity index (χ1) is 10.0. The van der Waals surface area contributed by atoms with Crippen LogP contribution in [0.5, 0.6) is 0 Å². The SMILES string of the molecule is O=C(O)c1cnn(-c2ccccc2C(F)(F)F)c1C(F)(F)F. The molecule has 1 aromatic carbocycles. The average Bonchev–Trinajstić information content (AvgIpc) is 2.82. The Morgan fingerprint density at radius 2 is 1.64 bits per heavy atom. The molecule has 0 saturated heterocycles. The summed E-state index contributed by atoms with van der Waals surface area (Å²) in [6, 6.07) is 3.45. The highest BCUT2D eigenvalue weighted by molar-refractivity contribution is 5.89. The second-order valence-corrected chi connectivity index (χ2v) is 4.14. The fourth-order valence-electron chi connectivity index (χ4n) is 1.86. The monoisotopic (exact) mass is 324 g/mol. The Morgan fingerprint density at radius 3 is 2.14 bits per heavy atom. The van der Waals surface area contributed by atoms with Crippen molar-refractivity contribution in [2.45, 2.75) is 12.4 Å². The van der Waals surface area contributed by atoms with Crippen molar-refractivity contribution in [2.24, 2.45) is 0 Å². The van der Waals surface area contributed by atoms with Crippen LogP contribution in [0.4, 0.5) is 26.3 Å². The first-order valence-corrected chi connectivity index (χ1v) is 5.58. The van der Waals surface area contributed by atoms with E-state index in [0.29, 0.717) is 12.3 Å². The van der Waals surface area contributed by atoms with Gasteiger partial charge in [0.05, 0.1) is 17.4 Å². The minimum atomic E-state index is -5.19. The standard InChI is InChI=1S/C12H6F6N2O2/c13-11(14,15)7-3-1-2-4-8(7)20-9(12(16,17)18)6(5-19-20)10(21)22/h1-5H,(H,21,22). The van der Waals surface area contributed by atoms with Crippen molar-refractivity contribution in [1.82, 2.24) is 9.78 Å². The third kappa shape index (κ3) is 2.76. The summed E-state index contributed by atoms with van der Waals surface area (Å²) in [6.45, 7) is 0. The number of aromatic nitrogens is 2. The molecule has 0 atom stereocenters. The van der Waals surface area contributed by atoms with E-state index in [1.54, 1.807) is 0 Å². The Kier molecular flexibility index (Phi) is 3.63. The van der Waals surface area contributed by atoms with Crippen LogP contribution in [0.2, 0.25) is 0 Å². The van der Waals surface area contributed by atoms with Gasteiger partial charge in [-0.25, -0.2) is 9.48 Å². The molecule has 4 nitrogen and oxygen atoms in total. The smallest absolute Gasteiger partial charge is 0.434 e. The minimum Gasteiger partial charge on any atom is -0.478 e. The molecular weight excluding hydrogens is 318 g/mol. The van der Waals surface area contributed by atoms with E-state index in [2.05, 4.69) is 5.10 Å². The lowest BCUT2D eigenvalue weighted by molar-refractivity contribution is -0.145. The molecule has 2 aromatic rings. The molecule has 0 aliphatic carbocycles. The van der Waals surface area contributed by atoms with E-state index in [1.165, 1.54) is 0 Å².